The van der Waals surface area contributed by atoms with Gasteiger partial charge < -0.3 is 9.47 Å². The van der Waals surface area contributed by atoms with Crippen LogP contribution in [0.4, 0.5) is 0 Å². The average Bonchev–Trinajstić information content (AvgIpc) is 2.63. The molecule has 25 heavy (non-hydrogen) atoms. The molecule has 0 rings (SSSR count). The quantitative estimate of drug-likeness (QED) is 0.0780. The van der Waals surface area contributed by atoms with Gasteiger partial charge in [-0.05, 0) is 25.3 Å². The minimum Gasteiger partial charge on any atom is -0.464 e. The van der Waals surface area contributed by atoms with E-state index in [1.807, 2.05) is 6.08 Å². The highest BCUT2D eigenvalue weighted by Crippen LogP contribution is 2.09. The first-order valence-electron chi connectivity index (χ1n) is 10.7. The lowest BCUT2D eigenvalue weighted by Crippen LogP contribution is -2.02. The minimum absolute atomic E-state index is 0.192. The number of carbonyl (C=O) groups excluding carboxylic acids is 1. The molecule has 0 aliphatic heterocycles. The van der Waals surface area contributed by atoms with Crippen LogP contribution < -0.4 is 0 Å². The molecule has 0 spiro atoms. The molecule has 3 nitrogen and oxygen atoms in total. The van der Waals surface area contributed by atoms with E-state index in [9.17, 15) is 4.79 Å². The zero-order valence-electron chi connectivity index (χ0n) is 16.9. The van der Waals surface area contributed by atoms with E-state index in [-0.39, 0.29) is 6.79 Å². The largest absolute Gasteiger partial charge is 0.464 e. The van der Waals surface area contributed by atoms with Gasteiger partial charge in [0, 0.05) is 0 Å². The van der Waals surface area contributed by atoms with Crippen molar-refractivity contribution in [3.63, 3.8) is 0 Å². The van der Waals surface area contributed by atoms with Crippen LogP contribution in [0.5, 0.6) is 0 Å². The smallest absolute Gasteiger partial charge is 0.189 e. The number of hydrogen-bond donors (Lipinski definition) is 0. The highest BCUT2D eigenvalue weighted by Gasteiger charge is 1.97. The number of allylic oxidation sites excluding steroid dienone is 2. The molecule has 0 N–H and O–H groups in total. The van der Waals surface area contributed by atoms with Crippen LogP contribution in [0.15, 0.2) is 11.8 Å². The van der Waals surface area contributed by atoms with E-state index in [4.69, 9.17) is 9.47 Å². The second kappa shape index (κ2) is 21.2. The molecule has 3 heteroatoms. The van der Waals surface area contributed by atoms with Gasteiger partial charge in [-0.3, -0.25) is 4.79 Å². The summed E-state index contributed by atoms with van der Waals surface area (Å²) in [5, 5.41) is 0. The highest BCUT2D eigenvalue weighted by molar-refractivity contribution is 5.69. The predicted octanol–water partition coefficient (Wildman–Crippen LogP) is 6.95. The maximum absolute atomic E-state index is 11.0. The third-order valence-corrected chi connectivity index (χ3v) is 4.47. The molecule has 0 unspecified atom stereocenters. The molecule has 0 aliphatic rings. The molecule has 0 aromatic carbocycles. The minimum atomic E-state index is 0.192. The number of hydrogen-bond acceptors (Lipinski definition) is 3. The van der Waals surface area contributed by atoms with E-state index in [1.165, 1.54) is 77.0 Å². The first kappa shape index (κ1) is 24.2. The van der Waals surface area contributed by atoms with E-state index in [1.54, 1.807) is 0 Å². The fourth-order valence-corrected chi connectivity index (χ4v) is 2.82. The number of aldehydes is 1. The second-order valence-electron chi connectivity index (χ2n) is 6.93. The molecule has 0 radical (unpaired) electrons. The molecular weight excluding hydrogens is 312 g/mol. The summed E-state index contributed by atoms with van der Waals surface area (Å²) >= 11 is 0. The first-order valence-corrected chi connectivity index (χ1v) is 10.7. The number of unbranched alkanes of at least 4 members (excludes halogenated alkanes) is 13. The van der Waals surface area contributed by atoms with Gasteiger partial charge in [-0.15, -0.1) is 0 Å². The Morgan fingerprint density at radius 1 is 0.720 bits per heavy atom. The summed E-state index contributed by atoms with van der Waals surface area (Å²) in [4.78, 5) is 11.0. The summed E-state index contributed by atoms with van der Waals surface area (Å²) in [7, 11) is 0. The molecule has 0 fully saturated rings. The standard InChI is InChI=1S/C22H42O3/c1-3-5-7-9-11-13-15-17-19-24-21-25-22(20-23)18-16-14-12-10-8-6-4-2/h18,20H,3-17,19,21H2,1-2H3/b22-18+. The van der Waals surface area contributed by atoms with Gasteiger partial charge >= 0.3 is 0 Å². The van der Waals surface area contributed by atoms with Crippen LogP contribution in [0.2, 0.25) is 0 Å². The first-order chi connectivity index (χ1) is 12.3. The van der Waals surface area contributed by atoms with Crippen molar-refractivity contribution < 1.29 is 14.3 Å². The molecular formula is C22H42O3. The second-order valence-corrected chi connectivity index (χ2v) is 6.93. The fraction of sp³-hybridized carbons (Fsp3) is 0.864. The normalized spacial score (nSPS) is 11.7. The van der Waals surface area contributed by atoms with Gasteiger partial charge in [0.25, 0.3) is 0 Å². The van der Waals surface area contributed by atoms with Crippen molar-refractivity contribution >= 4 is 6.29 Å². The molecule has 0 aromatic heterocycles. The Labute approximate surface area is 156 Å². The van der Waals surface area contributed by atoms with Crippen molar-refractivity contribution in [1.82, 2.24) is 0 Å². The van der Waals surface area contributed by atoms with Gasteiger partial charge in [-0.1, -0.05) is 90.9 Å². The maximum atomic E-state index is 11.0. The Morgan fingerprint density at radius 2 is 1.24 bits per heavy atom. The Hall–Kier alpha value is -0.830. The molecule has 0 atom stereocenters. The lowest BCUT2D eigenvalue weighted by atomic mass is 10.1. The lowest BCUT2D eigenvalue weighted by Gasteiger charge is -2.07. The number of ether oxygens (including phenoxy) is 2. The molecule has 0 heterocycles. The average molecular weight is 355 g/mol. The van der Waals surface area contributed by atoms with Gasteiger partial charge in [0.1, 0.15) is 0 Å². The Bertz CT molecular complexity index is 300. The van der Waals surface area contributed by atoms with Crippen LogP contribution in [0.3, 0.4) is 0 Å². The van der Waals surface area contributed by atoms with Crippen molar-refractivity contribution in [2.24, 2.45) is 0 Å². The summed E-state index contributed by atoms with van der Waals surface area (Å²) in [6, 6.07) is 0. The van der Waals surface area contributed by atoms with Crippen LogP contribution in [0.1, 0.15) is 110 Å². The molecule has 0 aliphatic carbocycles. The van der Waals surface area contributed by atoms with Crippen molar-refractivity contribution in [2.45, 2.75) is 110 Å². The van der Waals surface area contributed by atoms with Crippen LogP contribution in [-0.4, -0.2) is 19.7 Å². The zero-order valence-corrected chi connectivity index (χ0v) is 16.9. The highest BCUT2D eigenvalue weighted by atomic mass is 16.7. The summed E-state index contributed by atoms with van der Waals surface area (Å²) in [5.41, 5.74) is 0. The van der Waals surface area contributed by atoms with E-state index < -0.39 is 0 Å². The van der Waals surface area contributed by atoms with Crippen LogP contribution >= 0.6 is 0 Å². The van der Waals surface area contributed by atoms with Crippen LogP contribution in [0.25, 0.3) is 0 Å². The van der Waals surface area contributed by atoms with Crippen LogP contribution in [-0.2, 0) is 14.3 Å². The summed E-state index contributed by atoms with van der Waals surface area (Å²) in [6.07, 6.45) is 21.5. The molecule has 0 aromatic rings. The Morgan fingerprint density at radius 3 is 1.80 bits per heavy atom. The van der Waals surface area contributed by atoms with Crippen molar-refractivity contribution in [1.29, 1.82) is 0 Å². The Kier molecular flexibility index (Phi) is 20.5. The van der Waals surface area contributed by atoms with Crippen molar-refractivity contribution in [3.05, 3.63) is 11.8 Å². The lowest BCUT2D eigenvalue weighted by molar-refractivity contribution is -0.111. The zero-order chi connectivity index (χ0) is 18.4. The van der Waals surface area contributed by atoms with Gasteiger partial charge in [0.2, 0.25) is 0 Å². The van der Waals surface area contributed by atoms with Gasteiger partial charge in [0.15, 0.2) is 18.8 Å². The SMILES string of the molecule is CCCCCCCC/C=C(\C=O)OCOCCCCCCCCCC. The van der Waals surface area contributed by atoms with Crippen molar-refractivity contribution in [3.8, 4) is 0 Å². The molecule has 0 amide bonds. The third kappa shape index (κ3) is 19.3. The predicted molar refractivity (Wildman–Crippen MR) is 107 cm³/mol. The monoisotopic (exact) mass is 354 g/mol. The molecule has 0 saturated heterocycles. The van der Waals surface area contributed by atoms with E-state index in [0.29, 0.717) is 5.76 Å². The summed E-state index contributed by atoms with van der Waals surface area (Å²) < 4.78 is 10.8. The Balaban J connectivity index is 3.39. The van der Waals surface area contributed by atoms with E-state index in [0.717, 1.165) is 32.2 Å². The number of rotatable bonds is 20. The number of carbonyl (C=O) groups is 1. The topological polar surface area (TPSA) is 35.5 Å². The van der Waals surface area contributed by atoms with Crippen LogP contribution in [0, 0.1) is 0 Å². The van der Waals surface area contributed by atoms with Gasteiger partial charge in [-0.2, -0.15) is 0 Å². The van der Waals surface area contributed by atoms with Gasteiger partial charge in [0.05, 0.1) is 6.61 Å². The van der Waals surface area contributed by atoms with E-state index >= 15 is 0 Å². The van der Waals surface area contributed by atoms with E-state index in [2.05, 4.69) is 13.8 Å². The summed E-state index contributed by atoms with van der Waals surface area (Å²) in [5.74, 6) is 0.421. The fourth-order valence-electron chi connectivity index (χ4n) is 2.82. The summed E-state index contributed by atoms with van der Waals surface area (Å²) in [6.45, 7) is 5.39. The molecule has 148 valence electrons. The molecule has 0 saturated carbocycles. The van der Waals surface area contributed by atoms with Gasteiger partial charge in [-0.25, -0.2) is 0 Å². The maximum Gasteiger partial charge on any atom is 0.189 e. The van der Waals surface area contributed by atoms with Crippen molar-refractivity contribution in [2.75, 3.05) is 13.4 Å². The molecule has 0 bridgehead atoms. The third-order valence-electron chi connectivity index (χ3n) is 4.47.